The molecule has 0 bridgehead atoms. The minimum atomic E-state index is -0.666. The first-order valence-electron chi connectivity index (χ1n) is 8.59. The number of allylic oxidation sites excluding steroid dienone is 1. The van der Waals surface area contributed by atoms with Crippen LogP contribution >= 0.6 is 0 Å². The molecule has 1 aromatic carbocycles. The fraction of sp³-hybridized carbons (Fsp3) is 0.400. The van der Waals surface area contributed by atoms with E-state index in [0.717, 1.165) is 0 Å². The van der Waals surface area contributed by atoms with Crippen molar-refractivity contribution in [2.75, 3.05) is 0 Å². The Hall–Kier alpha value is -2.60. The molecule has 1 unspecified atom stereocenters. The van der Waals surface area contributed by atoms with Crippen molar-refractivity contribution in [3.63, 3.8) is 0 Å². The van der Waals surface area contributed by atoms with Crippen molar-refractivity contribution < 1.29 is 24.2 Å². The maximum atomic E-state index is 12.4. The lowest BCUT2D eigenvalue weighted by atomic mass is 9.88. The number of hydrogen-bond acceptors (Lipinski definition) is 6. The number of hydrogen-bond donors (Lipinski definition) is 2. The number of carbonyl (C=O) groups is 1. The first-order chi connectivity index (χ1) is 12.2. The highest BCUT2D eigenvalue weighted by molar-refractivity contribution is 5.98. The van der Waals surface area contributed by atoms with E-state index in [9.17, 15) is 19.8 Å². The third-order valence-electron chi connectivity index (χ3n) is 4.88. The Morgan fingerprint density at radius 3 is 2.54 bits per heavy atom. The molecule has 3 rings (SSSR count). The Balaban J connectivity index is 2.30. The van der Waals surface area contributed by atoms with E-state index in [1.54, 1.807) is 26.8 Å². The maximum Gasteiger partial charge on any atom is 0.347 e. The van der Waals surface area contributed by atoms with Crippen LogP contribution < -0.4 is 5.63 Å². The number of benzene rings is 1. The standard InChI is InChI=1S/C20H22O6/c1-9-5-13(22)6-17(25-9)15-7-14-18(26-20(15)24)8-16(23)11(3)19(14)10(2)12(4)21/h6-10,12,21,23H,5H2,1-4H3/t9?,10-,12-/m1/s1. The quantitative estimate of drug-likeness (QED) is 0.819. The summed E-state index contributed by atoms with van der Waals surface area (Å²) in [6.07, 6.45) is 0.582. The molecule has 2 aromatic rings. The van der Waals surface area contributed by atoms with E-state index < -0.39 is 11.7 Å². The third kappa shape index (κ3) is 3.12. The van der Waals surface area contributed by atoms with Crippen molar-refractivity contribution in [3.05, 3.63) is 45.3 Å². The molecule has 26 heavy (non-hydrogen) atoms. The lowest BCUT2D eigenvalue weighted by Crippen LogP contribution is -2.21. The molecule has 1 aromatic heterocycles. The van der Waals surface area contributed by atoms with E-state index >= 15 is 0 Å². The van der Waals surface area contributed by atoms with Crippen molar-refractivity contribution in [2.24, 2.45) is 0 Å². The number of ether oxygens (including phenoxy) is 1. The Labute approximate surface area is 150 Å². The van der Waals surface area contributed by atoms with Crippen molar-refractivity contribution >= 4 is 22.5 Å². The van der Waals surface area contributed by atoms with Gasteiger partial charge >= 0.3 is 5.63 Å². The molecule has 138 valence electrons. The number of ketones is 1. The molecule has 0 aliphatic carbocycles. The number of rotatable bonds is 3. The highest BCUT2D eigenvalue weighted by Crippen LogP contribution is 2.36. The second-order valence-corrected chi connectivity index (χ2v) is 6.93. The second kappa shape index (κ2) is 6.61. The third-order valence-corrected chi connectivity index (χ3v) is 4.88. The smallest absolute Gasteiger partial charge is 0.347 e. The Morgan fingerprint density at radius 2 is 1.92 bits per heavy atom. The summed E-state index contributed by atoms with van der Waals surface area (Å²) in [7, 11) is 0. The number of carbonyl (C=O) groups excluding carboxylic acids is 1. The second-order valence-electron chi connectivity index (χ2n) is 6.93. The van der Waals surface area contributed by atoms with E-state index in [-0.39, 0.29) is 46.9 Å². The van der Waals surface area contributed by atoms with Crippen molar-refractivity contribution in [2.45, 2.75) is 52.2 Å². The van der Waals surface area contributed by atoms with Gasteiger partial charge in [0.1, 0.15) is 28.8 Å². The predicted molar refractivity (Wildman–Crippen MR) is 97.1 cm³/mol. The van der Waals surface area contributed by atoms with Gasteiger partial charge in [0.05, 0.1) is 6.10 Å². The molecule has 0 spiro atoms. The zero-order chi connectivity index (χ0) is 19.2. The van der Waals surface area contributed by atoms with Gasteiger partial charge in [-0.1, -0.05) is 6.92 Å². The number of phenolic OH excluding ortho intramolecular Hbond substituents is 1. The van der Waals surface area contributed by atoms with Crippen LogP contribution in [0.2, 0.25) is 0 Å². The zero-order valence-electron chi connectivity index (χ0n) is 15.2. The number of fused-ring (bicyclic) bond motifs is 1. The summed E-state index contributed by atoms with van der Waals surface area (Å²) in [5.74, 6) is -0.233. The Bertz CT molecular complexity index is 966. The summed E-state index contributed by atoms with van der Waals surface area (Å²) < 4.78 is 11.0. The van der Waals surface area contributed by atoms with Gasteiger partial charge in [-0.05, 0) is 38.0 Å². The molecule has 1 aliphatic rings. The molecule has 0 saturated heterocycles. The highest BCUT2D eigenvalue weighted by atomic mass is 16.5. The van der Waals surface area contributed by atoms with Gasteiger partial charge in [0.15, 0.2) is 5.78 Å². The molecule has 1 aliphatic heterocycles. The molecule has 3 atom stereocenters. The van der Waals surface area contributed by atoms with Crippen LogP contribution in [0, 0.1) is 6.92 Å². The van der Waals surface area contributed by atoms with Crippen molar-refractivity contribution in [3.8, 4) is 5.75 Å². The molecule has 2 N–H and O–H groups in total. The first-order valence-corrected chi connectivity index (χ1v) is 8.59. The van der Waals surface area contributed by atoms with Crippen LogP contribution in [-0.2, 0) is 9.53 Å². The van der Waals surface area contributed by atoms with Gasteiger partial charge < -0.3 is 19.4 Å². The summed E-state index contributed by atoms with van der Waals surface area (Å²) in [6, 6.07) is 3.00. The minimum absolute atomic E-state index is 0.00664. The highest BCUT2D eigenvalue weighted by Gasteiger charge is 2.25. The van der Waals surface area contributed by atoms with Gasteiger partial charge in [0.2, 0.25) is 0 Å². The molecule has 2 heterocycles. The van der Waals surface area contributed by atoms with E-state index in [2.05, 4.69) is 0 Å². The molecule has 6 nitrogen and oxygen atoms in total. The molecular weight excluding hydrogens is 336 g/mol. The molecule has 0 fully saturated rings. The fourth-order valence-electron chi connectivity index (χ4n) is 3.30. The zero-order valence-corrected chi connectivity index (χ0v) is 15.2. The minimum Gasteiger partial charge on any atom is -0.508 e. The molecular formula is C20H22O6. The van der Waals surface area contributed by atoms with E-state index in [0.29, 0.717) is 16.5 Å². The van der Waals surface area contributed by atoms with Crippen LogP contribution in [0.15, 0.2) is 27.4 Å². The van der Waals surface area contributed by atoms with Crippen LogP contribution in [0.4, 0.5) is 0 Å². The van der Waals surface area contributed by atoms with Crippen LogP contribution in [0.1, 0.15) is 49.8 Å². The summed E-state index contributed by atoms with van der Waals surface area (Å²) >= 11 is 0. The summed E-state index contributed by atoms with van der Waals surface area (Å²) in [6.45, 7) is 7.00. The topological polar surface area (TPSA) is 97.0 Å². The lowest BCUT2D eigenvalue weighted by Gasteiger charge is -2.22. The number of phenols is 1. The number of aromatic hydroxyl groups is 1. The van der Waals surface area contributed by atoms with Crippen LogP contribution in [0.3, 0.4) is 0 Å². The average molecular weight is 358 g/mol. The van der Waals surface area contributed by atoms with E-state index in [1.807, 2.05) is 6.92 Å². The molecule has 0 radical (unpaired) electrons. The van der Waals surface area contributed by atoms with Gasteiger partial charge in [-0.2, -0.15) is 0 Å². The Kier molecular flexibility index (Phi) is 4.63. The van der Waals surface area contributed by atoms with Crippen molar-refractivity contribution in [1.29, 1.82) is 0 Å². The molecule has 6 heteroatoms. The summed E-state index contributed by atoms with van der Waals surface area (Å²) in [5, 5.41) is 20.8. The summed E-state index contributed by atoms with van der Waals surface area (Å²) in [5.41, 5.74) is 1.02. The largest absolute Gasteiger partial charge is 0.508 e. The van der Waals surface area contributed by atoms with Gasteiger partial charge in [-0.15, -0.1) is 0 Å². The Morgan fingerprint density at radius 1 is 1.23 bits per heavy atom. The van der Waals surface area contributed by atoms with Crippen molar-refractivity contribution in [1.82, 2.24) is 0 Å². The van der Waals surface area contributed by atoms with E-state index in [4.69, 9.17) is 9.15 Å². The van der Waals surface area contributed by atoms with Gasteiger partial charge in [-0.25, -0.2) is 4.79 Å². The van der Waals surface area contributed by atoms with Gasteiger partial charge in [-0.3, -0.25) is 4.79 Å². The predicted octanol–water partition coefficient (Wildman–Crippen LogP) is 3.01. The molecule has 0 amide bonds. The van der Waals surface area contributed by atoms with Crippen LogP contribution in [0.25, 0.3) is 16.7 Å². The average Bonchev–Trinajstić information content (AvgIpc) is 2.54. The lowest BCUT2D eigenvalue weighted by molar-refractivity contribution is -0.117. The number of aliphatic hydroxyl groups excluding tert-OH is 1. The van der Waals surface area contributed by atoms with Gasteiger partial charge in [0, 0.05) is 29.9 Å². The van der Waals surface area contributed by atoms with Gasteiger partial charge in [0.25, 0.3) is 0 Å². The first kappa shape index (κ1) is 18.2. The molecule has 0 saturated carbocycles. The maximum absolute atomic E-state index is 12.4. The monoisotopic (exact) mass is 358 g/mol. The number of aliphatic hydroxyl groups is 1. The van der Waals surface area contributed by atoms with E-state index in [1.165, 1.54) is 12.1 Å². The van der Waals surface area contributed by atoms with Crippen LogP contribution in [-0.4, -0.2) is 28.2 Å². The summed E-state index contributed by atoms with van der Waals surface area (Å²) in [4.78, 5) is 24.3. The normalized spacial score (nSPS) is 19.8. The fourth-order valence-corrected chi connectivity index (χ4v) is 3.30. The SMILES string of the molecule is Cc1c(O)cc2oc(=O)c(C3=CC(=O)CC(C)O3)cc2c1[C@H](C)[C@@H](C)O. The van der Waals surface area contributed by atoms with Crippen LogP contribution in [0.5, 0.6) is 5.75 Å².